The molecular formula is C29H51NO4. The molecule has 0 saturated carbocycles. The SMILES string of the molecule is CC(=O)O.CCCCCCCCCCCCCCCCN(C(C)=O)c1ccc(C(C)(C)O)cc1. The minimum absolute atomic E-state index is 0.0840. The van der Waals surface area contributed by atoms with Gasteiger partial charge in [0.2, 0.25) is 5.91 Å². The minimum Gasteiger partial charge on any atom is -0.481 e. The van der Waals surface area contributed by atoms with E-state index in [-0.39, 0.29) is 5.91 Å². The van der Waals surface area contributed by atoms with E-state index in [1.165, 1.54) is 83.5 Å². The molecule has 0 radical (unpaired) electrons. The summed E-state index contributed by atoms with van der Waals surface area (Å²) >= 11 is 0. The highest BCUT2D eigenvalue weighted by Crippen LogP contribution is 2.24. The molecule has 5 nitrogen and oxygen atoms in total. The van der Waals surface area contributed by atoms with E-state index in [2.05, 4.69) is 6.92 Å². The van der Waals surface area contributed by atoms with Crippen molar-refractivity contribution in [2.75, 3.05) is 11.4 Å². The molecule has 0 aromatic heterocycles. The maximum Gasteiger partial charge on any atom is 0.300 e. The van der Waals surface area contributed by atoms with Crippen LogP contribution in [0, 0.1) is 0 Å². The van der Waals surface area contributed by atoms with Crippen LogP contribution in [0.2, 0.25) is 0 Å². The number of aliphatic carboxylic acids is 1. The lowest BCUT2D eigenvalue weighted by molar-refractivity contribution is -0.134. The zero-order valence-electron chi connectivity index (χ0n) is 22.6. The van der Waals surface area contributed by atoms with Crippen molar-refractivity contribution in [3.8, 4) is 0 Å². The Morgan fingerprint density at radius 2 is 1.09 bits per heavy atom. The van der Waals surface area contributed by atoms with Gasteiger partial charge in [-0.05, 0) is 38.0 Å². The Morgan fingerprint density at radius 1 is 0.735 bits per heavy atom. The fraction of sp³-hybridized carbons (Fsp3) is 0.724. The minimum atomic E-state index is -0.853. The topological polar surface area (TPSA) is 77.8 Å². The molecule has 1 rings (SSSR count). The van der Waals surface area contributed by atoms with Crippen LogP contribution in [0.3, 0.4) is 0 Å². The lowest BCUT2D eigenvalue weighted by Crippen LogP contribution is -2.29. The first kappa shape index (κ1) is 32.1. The first-order valence-corrected chi connectivity index (χ1v) is 13.4. The van der Waals surface area contributed by atoms with E-state index in [1.54, 1.807) is 20.8 Å². The van der Waals surface area contributed by atoms with Crippen molar-refractivity contribution in [2.24, 2.45) is 0 Å². The molecule has 0 bridgehead atoms. The summed E-state index contributed by atoms with van der Waals surface area (Å²) in [5, 5.41) is 17.5. The molecular weight excluding hydrogens is 426 g/mol. The summed E-state index contributed by atoms with van der Waals surface area (Å²) in [4.78, 5) is 22.9. The third-order valence-electron chi connectivity index (χ3n) is 6.00. The predicted molar refractivity (Wildman–Crippen MR) is 143 cm³/mol. The average Bonchev–Trinajstić information content (AvgIpc) is 2.75. The Bertz CT molecular complexity index is 645. The van der Waals surface area contributed by atoms with Gasteiger partial charge in [-0.15, -0.1) is 0 Å². The van der Waals surface area contributed by atoms with Gasteiger partial charge in [0.05, 0.1) is 5.60 Å². The summed E-state index contributed by atoms with van der Waals surface area (Å²) in [5.41, 5.74) is 0.935. The fourth-order valence-electron chi connectivity index (χ4n) is 3.98. The number of carbonyl (C=O) groups excluding carboxylic acids is 1. The average molecular weight is 478 g/mol. The summed E-state index contributed by atoms with van der Waals surface area (Å²) in [6, 6.07) is 7.71. The number of amides is 1. The van der Waals surface area contributed by atoms with Gasteiger partial charge in [0.25, 0.3) is 5.97 Å². The highest BCUT2D eigenvalue weighted by Gasteiger charge is 2.17. The molecule has 1 aromatic carbocycles. The van der Waals surface area contributed by atoms with Crippen LogP contribution < -0.4 is 4.90 Å². The number of carbonyl (C=O) groups is 2. The molecule has 0 atom stereocenters. The van der Waals surface area contributed by atoms with Crippen molar-refractivity contribution >= 4 is 17.6 Å². The number of nitrogens with zero attached hydrogens (tertiary/aromatic N) is 1. The predicted octanol–water partition coefficient (Wildman–Crippen LogP) is 7.84. The molecule has 0 heterocycles. The monoisotopic (exact) mass is 477 g/mol. The first-order chi connectivity index (χ1) is 16.1. The summed E-state index contributed by atoms with van der Waals surface area (Å²) < 4.78 is 0. The summed E-state index contributed by atoms with van der Waals surface area (Å²) in [6.07, 6.45) is 18.8. The molecule has 0 aliphatic carbocycles. The molecule has 5 heteroatoms. The first-order valence-electron chi connectivity index (χ1n) is 13.4. The quantitative estimate of drug-likeness (QED) is 0.224. The Morgan fingerprint density at radius 3 is 1.41 bits per heavy atom. The normalized spacial score (nSPS) is 11.0. The van der Waals surface area contributed by atoms with Crippen molar-refractivity contribution in [2.45, 2.75) is 130 Å². The lowest BCUT2D eigenvalue weighted by Gasteiger charge is -2.23. The number of unbranched alkanes of at least 4 members (excludes halogenated alkanes) is 13. The summed E-state index contributed by atoms with van der Waals surface area (Å²) in [5.74, 6) is -0.749. The van der Waals surface area contributed by atoms with Crippen molar-refractivity contribution in [3.05, 3.63) is 29.8 Å². The Balaban J connectivity index is 0.00000251. The Kier molecular flexibility index (Phi) is 18.4. The Labute approximate surface area is 209 Å². The number of hydrogen-bond donors (Lipinski definition) is 2. The van der Waals surface area contributed by atoms with E-state index in [1.807, 2.05) is 29.2 Å². The molecule has 1 aromatic rings. The van der Waals surface area contributed by atoms with Gasteiger partial charge in [-0.2, -0.15) is 0 Å². The van der Waals surface area contributed by atoms with Crippen molar-refractivity contribution < 1.29 is 19.8 Å². The second-order valence-electron chi connectivity index (χ2n) is 9.89. The van der Waals surface area contributed by atoms with Crippen LogP contribution >= 0.6 is 0 Å². The van der Waals surface area contributed by atoms with Gasteiger partial charge < -0.3 is 15.1 Å². The van der Waals surface area contributed by atoms with Crippen LogP contribution in [-0.2, 0) is 15.2 Å². The third-order valence-corrected chi connectivity index (χ3v) is 6.00. The van der Waals surface area contributed by atoms with Crippen LogP contribution in [0.5, 0.6) is 0 Å². The van der Waals surface area contributed by atoms with Gasteiger partial charge >= 0.3 is 0 Å². The molecule has 0 aliphatic rings. The van der Waals surface area contributed by atoms with E-state index < -0.39 is 11.6 Å². The highest BCUT2D eigenvalue weighted by molar-refractivity contribution is 5.91. The molecule has 0 saturated heterocycles. The molecule has 0 fully saturated rings. The van der Waals surface area contributed by atoms with Gasteiger partial charge in [-0.3, -0.25) is 9.59 Å². The van der Waals surface area contributed by atoms with Gasteiger partial charge in [0.15, 0.2) is 0 Å². The van der Waals surface area contributed by atoms with Crippen molar-refractivity contribution in [1.82, 2.24) is 0 Å². The zero-order chi connectivity index (χ0) is 25.8. The second-order valence-corrected chi connectivity index (χ2v) is 9.89. The summed E-state index contributed by atoms with van der Waals surface area (Å²) in [6.45, 7) is 9.32. The van der Waals surface area contributed by atoms with Crippen LogP contribution in [0.15, 0.2) is 24.3 Å². The standard InChI is InChI=1S/C27H47NO2.C2H4O2/c1-5-6-7-8-9-10-11-12-13-14-15-16-17-18-23-28(24(2)29)26-21-19-25(20-22-26)27(3,4)30;1-2(3)4/h19-22,30H,5-18,23H2,1-4H3;1H3,(H,3,4). The molecule has 1 amide bonds. The number of hydrogen-bond acceptors (Lipinski definition) is 3. The zero-order valence-corrected chi connectivity index (χ0v) is 22.6. The van der Waals surface area contributed by atoms with Gasteiger partial charge in [-0.1, -0.05) is 103 Å². The number of carboxylic acid groups (broad SMARTS) is 1. The fourth-order valence-corrected chi connectivity index (χ4v) is 3.98. The molecule has 0 unspecified atom stereocenters. The molecule has 0 spiro atoms. The van der Waals surface area contributed by atoms with Gasteiger partial charge in [0.1, 0.15) is 0 Å². The van der Waals surface area contributed by atoms with Crippen molar-refractivity contribution in [1.29, 1.82) is 0 Å². The van der Waals surface area contributed by atoms with Crippen LogP contribution in [-0.4, -0.2) is 28.6 Å². The molecule has 196 valence electrons. The second kappa shape index (κ2) is 19.4. The number of carboxylic acids is 1. The molecule has 2 N–H and O–H groups in total. The third kappa shape index (κ3) is 17.6. The molecule has 34 heavy (non-hydrogen) atoms. The van der Waals surface area contributed by atoms with E-state index in [0.29, 0.717) is 0 Å². The van der Waals surface area contributed by atoms with Crippen LogP contribution in [0.25, 0.3) is 0 Å². The number of rotatable bonds is 17. The summed E-state index contributed by atoms with van der Waals surface area (Å²) in [7, 11) is 0. The smallest absolute Gasteiger partial charge is 0.300 e. The van der Waals surface area contributed by atoms with Gasteiger partial charge in [-0.25, -0.2) is 0 Å². The maximum atomic E-state index is 12.1. The number of anilines is 1. The van der Waals surface area contributed by atoms with E-state index >= 15 is 0 Å². The molecule has 0 aliphatic heterocycles. The Hall–Kier alpha value is -1.88. The van der Waals surface area contributed by atoms with Gasteiger partial charge in [0, 0.05) is 26.1 Å². The van der Waals surface area contributed by atoms with E-state index in [0.717, 1.165) is 31.1 Å². The van der Waals surface area contributed by atoms with Crippen LogP contribution in [0.4, 0.5) is 5.69 Å². The van der Waals surface area contributed by atoms with E-state index in [9.17, 15) is 9.90 Å². The van der Waals surface area contributed by atoms with E-state index in [4.69, 9.17) is 9.90 Å². The largest absolute Gasteiger partial charge is 0.481 e. The number of benzene rings is 1. The maximum absolute atomic E-state index is 12.1. The van der Waals surface area contributed by atoms with Crippen LogP contribution in [0.1, 0.15) is 130 Å². The van der Waals surface area contributed by atoms with Crippen molar-refractivity contribution in [3.63, 3.8) is 0 Å². The highest BCUT2D eigenvalue weighted by atomic mass is 16.4. The number of aliphatic hydroxyl groups is 1. The lowest BCUT2D eigenvalue weighted by atomic mass is 9.98.